The lowest BCUT2D eigenvalue weighted by atomic mass is 10.1. The molecule has 0 amide bonds. The minimum absolute atomic E-state index is 0.585. The highest BCUT2D eigenvalue weighted by Gasteiger charge is 2.19. The molecule has 1 unspecified atom stereocenters. The largest absolute Gasteiger partial charge is 0.492 e. The van der Waals surface area contributed by atoms with Gasteiger partial charge in [0, 0.05) is 59.9 Å². The molecule has 28 heavy (non-hydrogen) atoms. The molecule has 1 fully saturated rings. The van der Waals surface area contributed by atoms with E-state index >= 15 is 0 Å². The maximum Gasteiger partial charge on any atom is 0.193 e. The molecule has 7 heteroatoms. The second kappa shape index (κ2) is 12.6. The van der Waals surface area contributed by atoms with Crippen LogP contribution in [-0.2, 0) is 16.0 Å². The molecule has 0 aliphatic carbocycles. The number of ether oxygens (including phenoxy) is 3. The lowest BCUT2D eigenvalue weighted by molar-refractivity contribution is 0.150. The lowest BCUT2D eigenvalue weighted by Crippen LogP contribution is -2.41. The number of hydrogen-bond donors (Lipinski definition) is 1. The van der Waals surface area contributed by atoms with Crippen LogP contribution in [-0.4, -0.2) is 90.1 Å². The summed E-state index contributed by atoms with van der Waals surface area (Å²) in [4.78, 5) is 8.78. The number of aliphatic imine (C=N–C) groups is 1. The average molecular weight is 393 g/mol. The molecular weight excluding hydrogens is 356 g/mol. The van der Waals surface area contributed by atoms with E-state index in [-0.39, 0.29) is 0 Å². The third kappa shape index (κ3) is 8.04. The molecule has 1 aromatic carbocycles. The number of guanidine groups is 1. The molecule has 0 saturated carbocycles. The standard InChI is InChI=1S/C21H36N4O3/c1-22-21(25(3)16-19-8-11-27-17-19)23-15-18-6-5-7-20(14-18)28-13-10-24(2)9-12-26-4/h5-7,14,19H,8-13,15-17H2,1-4H3,(H,22,23). The first-order valence-electron chi connectivity index (χ1n) is 10.0. The van der Waals surface area contributed by atoms with E-state index in [9.17, 15) is 0 Å². The minimum atomic E-state index is 0.585. The molecule has 0 bridgehead atoms. The Kier molecular flexibility index (Phi) is 10.1. The lowest BCUT2D eigenvalue weighted by Gasteiger charge is -2.24. The second-order valence-corrected chi connectivity index (χ2v) is 7.30. The van der Waals surface area contributed by atoms with Gasteiger partial charge < -0.3 is 29.3 Å². The van der Waals surface area contributed by atoms with Crippen LogP contribution < -0.4 is 10.1 Å². The van der Waals surface area contributed by atoms with E-state index < -0.39 is 0 Å². The van der Waals surface area contributed by atoms with Gasteiger partial charge in [0.25, 0.3) is 0 Å². The molecule has 1 aliphatic rings. The Balaban J connectivity index is 1.76. The first-order valence-corrected chi connectivity index (χ1v) is 10.0. The molecule has 1 atom stereocenters. The van der Waals surface area contributed by atoms with E-state index in [1.807, 2.05) is 19.2 Å². The number of rotatable bonds is 11. The van der Waals surface area contributed by atoms with Crippen LogP contribution in [0.4, 0.5) is 0 Å². The van der Waals surface area contributed by atoms with Crippen LogP contribution >= 0.6 is 0 Å². The summed E-state index contributed by atoms with van der Waals surface area (Å²) in [5, 5.41) is 3.44. The van der Waals surface area contributed by atoms with Crippen molar-refractivity contribution in [1.29, 1.82) is 0 Å². The summed E-state index contributed by atoms with van der Waals surface area (Å²) in [6.45, 7) is 6.56. The van der Waals surface area contributed by atoms with Crippen molar-refractivity contribution in [1.82, 2.24) is 15.1 Å². The Hall–Kier alpha value is -1.83. The molecule has 7 nitrogen and oxygen atoms in total. The summed E-state index contributed by atoms with van der Waals surface area (Å²) in [5.74, 6) is 2.38. The number of benzene rings is 1. The van der Waals surface area contributed by atoms with Crippen LogP contribution in [0.1, 0.15) is 12.0 Å². The van der Waals surface area contributed by atoms with Gasteiger partial charge in [-0.05, 0) is 31.2 Å². The van der Waals surface area contributed by atoms with Gasteiger partial charge >= 0.3 is 0 Å². The van der Waals surface area contributed by atoms with Crippen molar-refractivity contribution in [3.8, 4) is 5.75 Å². The number of hydrogen-bond acceptors (Lipinski definition) is 5. The van der Waals surface area contributed by atoms with Crippen LogP contribution in [0.15, 0.2) is 29.3 Å². The summed E-state index contributed by atoms with van der Waals surface area (Å²) in [5.41, 5.74) is 1.17. The quantitative estimate of drug-likeness (QED) is 0.457. The van der Waals surface area contributed by atoms with Crippen molar-refractivity contribution in [3.05, 3.63) is 29.8 Å². The van der Waals surface area contributed by atoms with E-state index in [4.69, 9.17) is 14.2 Å². The Labute approximate surface area is 169 Å². The molecule has 0 aromatic heterocycles. The second-order valence-electron chi connectivity index (χ2n) is 7.30. The topological polar surface area (TPSA) is 58.6 Å². The van der Waals surface area contributed by atoms with Crippen LogP contribution in [0.5, 0.6) is 5.75 Å². The Bertz CT molecular complexity index is 591. The van der Waals surface area contributed by atoms with Gasteiger partial charge in [0.1, 0.15) is 12.4 Å². The normalized spacial score (nSPS) is 17.2. The minimum Gasteiger partial charge on any atom is -0.492 e. The zero-order valence-electron chi connectivity index (χ0n) is 17.8. The zero-order valence-corrected chi connectivity index (χ0v) is 17.8. The molecule has 1 N–H and O–H groups in total. The Morgan fingerprint density at radius 2 is 2.11 bits per heavy atom. The van der Waals surface area contributed by atoms with Gasteiger partial charge in [-0.25, -0.2) is 0 Å². The third-order valence-corrected chi connectivity index (χ3v) is 4.90. The highest BCUT2D eigenvalue weighted by molar-refractivity contribution is 5.79. The molecule has 0 radical (unpaired) electrons. The fraction of sp³-hybridized carbons (Fsp3) is 0.667. The van der Waals surface area contributed by atoms with Gasteiger partial charge in [-0.2, -0.15) is 0 Å². The average Bonchev–Trinajstić information content (AvgIpc) is 3.20. The SMILES string of the molecule is CN=C(NCc1cccc(OCCN(C)CCOC)c1)N(C)CC1CCOC1. The van der Waals surface area contributed by atoms with Gasteiger partial charge in [-0.3, -0.25) is 4.99 Å². The van der Waals surface area contributed by atoms with E-state index in [1.54, 1.807) is 7.11 Å². The Morgan fingerprint density at radius 1 is 1.29 bits per heavy atom. The van der Waals surface area contributed by atoms with Crippen LogP contribution in [0, 0.1) is 5.92 Å². The molecule has 1 aromatic rings. The van der Waals surface area contributed by atoms with Crippen molar-refractivity contribution in [3.63, 3.8) is 0 Å². The van der Waals surface area contributed by atoms with E-state index in [2.05, 4.69) is 46.3 Å². The van der Waals surface area contributed by atoms with E-state index in [0.717, 1.165) is 57.6 Å². The van der Waals surface area contributed by atoms with Gasteiger partial charge in [0.15, 0.2) is 5.96 Å². The summed E-state index contributed by atoms with van der Waals surface area (Å²) in [7, 11) is 7.69. The first-order chi connectivity index (χ1) is 13.6. The predicted molar refractivity (Wildman–Crippen MR) is 113 cm³/mol. The first kappa shape index (κ1) is 22.5. The van der Waals surface area contributed by atoms with Crippen molar-refractivity contribution >= 4 is 5.96 Å². The monoisotopic (exact) mass is 392 g/mol. The molecule has 1 heterocycles. The number of nitrogens with one attached hydrogen (secondary N) is 1. The molecule has 1 saturated heterocycles. The zero-order chi connectivity index (χ0) is 20.2. The van der Waals surface area contributed by atoms with Crippen LogP contribution in [0.3, 0.4) is 0 Å². The summed E-state index contributed by atoms with van der Waals surface area (Å²) in [6, 6.07) is 8.21. The van der Waals surface area contributed by atoms with Crippen molar-refractivity contribution < 1.29 is 14.2 Å². The smallest absolute Gasteiger partial charge is 0.193 e. The highest BCUT2D eigenvalue weighted by atomic mass is 16.5. The fourth-order valence-corrected chi connectivity index (χ4v) is 3.19. The maximum absolute atomic E-state index is 5.90. The summed E-state index contributed by atoms with van der Waals surface area (Å²) < 4.78 is 16.5. The predicted octanol–water partition coefficient (Wildman–Crippen LogP) is 1.69. The highest BCUT2D eigenvalue weighted by Crippen LogP contribution is 2.15. The summed E-state index contributed by atoms with van der Waals surface area (Å²) in [6.07, 6.45) is 1.13. The number of methoxy groups -OCH3 is 1. The Morgan fingerprint density at radius 3 is 2.82 bits per heavy atom. The van der Waals surface area contributed by atoms with Crippen molar-refractivity contribution in [2.24, 2.45) is 10.9 Å². The number of likely N-dealkylation sites (N-methyl/N-ethyl adjacent to an activating group) is 1. The maximum atomic E-state index is 5.90. The third-order valence-electron chi connectivity index (χ3n) is 4.90. The van der Waals surface area contributed by atoms with Crippen molar-refractivity contribution in [2.75, 3.05) is 74.3 Å². The number of nitrogens with zero attached hydrogens (tertiary/aromatic N) is 3. The van der Waals surface area contributed by atoms with Gasteiger partial charge in [0.05, 0.1) is 13.2 Å². The summed E-state index contributed by atoms with van der Waals surface area (Å²) >= 11 is 0. The van der Waals surface area contributed by atoms with Gasteiger partial charge in [-0.1, -0.05) is 12.1 Å². The molecule has 1 aliphatic heterocycles. The molecular formula is C21H36N4O3. The fourth-order valence-electron chi connectivity index (χ4n) is 3.19. The van der Waals surface area contributed by atoms with E-state index in [1.165, 1.54) is 5.56 Å². The van der Waals surface area contributed by atoms with Gasteiger partial charge in [0.2, 0.25) is 0 Å². The van der Waals surface area contributed by atoms with Crippen LogP contribution in [0.2, 0.25) is 0 Å². The molecule has 158 valence electrons. The van der Waals surface area contributed by atoms with Crippen LogP contribution in [0.25, 0.3) is 0 Å². The molecule has 2 rings (SSSR count). The molecule has 0 spiro atoms. The van der Waals surface area contributed by atoms with Crippen molar-refractivity contribution in [2.45, 2.75) is 13.0 Å². The van der Waals surface area contributed by atoms with Gasteiger partial charge in [-0.15, -0.1) is 0 Å². The van der Waals surface area contributed by atoms with E-state index in [0.29, 0.717) is 19.1 Å².